The van der Waals surface area contributed by atoms with Crippen LogP contribution in [0.3, 0.4) is 0 Å². The van der Waals surface area contributed by atoms with Crippen LogP contribution in [0.15, 0.2) is 36.9 Å². The number of ether oxygens (including phenoxy) is 3. The molecule has 25 heavy (non-hydrogen) atoms. The quantitative estimate of drug-likeness (QED) is 0.370. The minimum atomic E-state index is -0.331. The van der Waals surface area contributed by atoms with Crippen molar-refractivity contribution in [3.63, 3.8) is 0 Å². The SMILES string of the molecule is C=CCN(CCC(=O)OCC)C(=O)/C=C/c1cc(OC)ccc1OC. The third kappa shape index (κ3) is 6.71. The van der Waals surface area contributed by atoms with E-state index in [2.05, 4.69) is 6.58 Å². The van der Waals surface area contributed by atoms with Crippen LogP contribution in [-0.2, 0) is 14.3 Å². The second kappa shape index (κ2) is 10.9. The van der Waals surface area contributed by atoms with E-state index in [1.807, 2.05) is 0 Å². The first-order valence-electron chi connectivity index (χ1n) is 8.01. The number of methoxy groups -OCH3 is 2. The van der Waals surface area contributed by atoms with Gasteiger partial charge in [0, 0.05) is 24.7 Å². The zero-order valence-corrected chi connectivity index (χ0v) is 15.0. The van der Waals surface area contributed by atoms with Crippen LogP contribution in [0.2, 0.25) is 0 Å². The zero-order valence-electron chi connectivity index (χ0n) is 15.0. The Morgan fingerprint density at radius 2 is 2.00 bits per heavy atom. The molecule has 0 aliphatic heterocycles. The monoisotopic (exact) mass is 347 g/mol. The fraction of sp³-hybridized carbons (Fsp3) is 0.368. The van der Waals surface area contributed by atoms with E-state index < -0.39 is 0 Å². The highest BCUT2D eigenvalue weighted by atomic mass is 16.5. The lowest BCUT2D eigenvalue weighted by atomic mass is 10.1. The Hall–Kier alpha value is -2.76. The fourth-order valence-corrected chi connectivity index (χ4v) is 2.14. The number of amides is 1. The van der Waals surface area contributed by atoms with E-state index >= 15 is 0 Å². The van der Waals surface area contributed by atoms with Crippen LogP contribution < -0.4 is 9.47 Å². The van der Waals surface area contributed by atoms with Crippen molar-refractivity contribution in [2.45, 2.75) is 13.3 Å². The summed E-state index contributed by atoms with van der Waals surface area (Å²) in [7, 11) is 3.13. The highest BCUT2D eigenvalue weighted by Crippen LogP contribution is 2.25. The fourth-order valence-electron chi connectivity index (χ4n) is 2.14. The van der Waals surface area contributed by atoms with E-state index in [0.29, 0.717) is 24.7 Å². The first kappa shape index (κ1) is 20.3. The predicted molar refractivity (Wildman–Crippen MR) is 96.6 cm³/mol. The number of nitrogens with zero attached hydrogens (tertiary/aromatic N) is 1. The summed E-state index contributed by atoms with van der Waals surface area (Å²) in [5, 5.41) is 0. The van der Waals surface area contributed by atoms with Gasteiger partial charge in [0.2, 0.25) is 5.91 Å². The van der Waals surface area contributed by atoms with Crippen molar-refractivity contribution < 1.29 is 23.8 Å². The number of hydrogen-bond donors (Lipinski definition) is 0. The number of benzene rings is 1. The Morgan fingerprint density at radius 1 is 1.24 bits per heavy atom. The van der Waals surface area contributed by atoms with E-state index in [1.54, 1.807) is 51.5 Å². The van der Waals surface area contributed by atoms with Gasteiger partial charge in [-0.1, -0.05) is 6.08 Å². The molecule has 0 aromatic heterocycles. The Morgan fingerprint density at radius 3 is 2.60 bits per heavy atom. The van der Waals surface area contributed by atoms with Crippen LogP contribution in [0.25, 0.3) is 6.08 Å². The van der Waals surface area contributed by atoms with Gasteiger partial charge in [-0.25, -0.2) is 0 Å². The molecule has 0 heterocycles. The largest absolute Gasteiger partial charge is 0.497 e. The molecule has 0 radical (unpaired) electrons. The molecule has 0 N–H and O–H groups in total. The molecule has 0 spiro atoms. The molecule has 0 aliphatic rings. The van der Waals surface area contributed by atoms with E-state index in [0.717, 1.165) is 5.56 Å². The summed E-state index contributed by atoms with van der Waals surface area (Å²) in [5.41, 5.74) is 0.721. The molecule has 0 saturated heterocycles. The van der Waals surface area contributed by atoms with E-state index in [1.165, 1.54) is 11.0 Å². The molecule has 1 aromatic rings. The Labute approximate surface area is 148 Å². The maximum atomic E-state index is 12.4. The minimum absolute atomic E-state index is 0.143. The van der Waals surface area contributed by atoms with Crippen molar-refractivity contribution >= 4 is 18.0 Å². The van der Waals surface area contributed by atoms with Gasteiger partial charge in [-0.2, -0.15) is 0 Å². The molecular weight excluding hydrogens is 322 g/mol. The first-order valence-corrected chi connectivity index (χ1v) is 8.01. The highest BCUT2D eigenvalue weighted by molar-refractivity contribution is 5.92. The lowest BCUT2D eigenvalue weighted by molar-refractivity contribution is -0.143. The summed E-state index contributed by atoms with van der Waals surface area (Å²) in [6, 6.07) is 5.33. The zero-order chi connectivity index (χ0) is 18.7. The molecule has 1 rings (SSSR count). The molecule has 136 valence electrons. The normalized spacial score (nSPS) is 10.4. The number of rotatable bonds is 10. The average molecular weight is 347 g/mol. The lowest BCUT2D eigenvalue weighted by Gasteiger charge is -2.19. The van der Waals surface area contributed by atoms with Gasteiger partial charge in [0.05, 0.1) is 27.2 Å². The maximum absolute atomic E-state index is 12.4. The van der Waals surface area contributed by atoms with Gasteiger partial charge in [-0.15, -0.1) is 6.58 Å². The number of esters is 1. The predicted octanol–water partition coefficient (Wildman–Crippen LogP) is 2.68. The third-order valence-corrected chi connectivity index (χ3v) is 3.39. The van der Waals surface area contributed by atoms with E-state index in [9.17, 15) is 9.59 Å². The molecule has 0 unspecified atom stereocenters. The van der Waals surface area contributed by atoms with Crippen molar-refractivity contribution in [2.75, 3.05) is 33.9 Å². The molecule has 0 saturated carbocycles. The minimum Gasteiger partial charge on any atom is -0.497 e. The van der Waals surface area contributed by atoms with Crippen LogP contribution in [0.4, 0.5) is 0 Å². The first-order chi connectivity index (χ1) is 12.0. The van der Waals surface area contributed by atoms with Crippen LogP contribution in [0.5, 0.6) is 11.5 Å². The second-order valence-electron chi connectivity index (χ2n) is 5.07. The topological polar surface area (TPSA) is 65.1 Å². The van der Waals surface area contributed by atoms with Crippen molar-refractivity contribution in [1.29, 1.82) is 0 Å². The third-order valence-electron chi connectivity index (χ3n) is 3.39. The Bertz CT molecular complexity index is 624. The molecule has 0 atom stereocenters. The summed E-state index contributed by atoms with van der Waals surface area (Å²) >= 11 is 0. The summed E-state index contributed by atoms with van der Waals surface area (Å²) in [4.78, 5) is 25.4. The van der Waals surface area contributed by atoms with Crippen molar-refractivity contribution in [3.8, 4) is 11.5 Å². The van der Waals surface area contributed by atoms with Gasteiger partial charge >= 0.3 is 5.97 Å². The summed E-state index contributed by atoms with van der Waals surface area (Å²) < 4.78 is 15.4. The van der Waals surface area contributed by atoms with E-state index in [4.69, 9.17) is 14.2 Å². The summed E-state index contributed by atoms with van der Waals surface area (Å²) in [5.74, 6) is 0.738. The molecule has 6 nitrogen and oxygen atoms in total. The highest BCUT2D eigenvalue weighted by Gasteiger charge is 2.12. The van der Waals surface area contributed by atoms with Gasteiger partial charge in [-0.05, 0) is 31.2 Å². The van der Waals surface area contributed by atoms with Gasteiger partial charge in [0.1, 0.15) is 11.5 Å². The number of carbonyl (C=O) groups is 2. The van der Waals surface area contributed by atoms with Crippen molar-refractivity contribution in [1.82, 2.24) is 4.90 Å². The van der Waals surface area contributed by atoms with Gasteiger partial charge in [0.15, 0.2) is 0 Å². The van der Waals surface area contributed by atoms with E-state index in [-0.39, 0.29) is 24.8 Å². The van der Waals surface area contributed by atoms with Crippen LogP contribution in [-0.4, -0.2) is 50.7 Å². The van der Waals surface area contributed by atoms with Gasteiger partial charge in [0.25, 0.3) is 0 Å². The molecule has 1 amide bonds. The molecule has 0 bridgehead atoms. The van der Waals surface area contributed by atoms with Crippen molar-refractivity contribution in [2.24, 2.45) is 0 Å². The summed E-state index contributed by atoms with van der Waals surface area (Å²) in [6.45, 7) is 6.32. The maximum Gasteiger partial charge on any atom is 0.307 e. The van der Waals surface area contributed by atoms with Crippen LogP contribution >= 0.6 is 0 Å². The Balaban J connectivity index is 2.83. The molecule has 0 aliphatic carbocycles. The number of carbonyl (C=O) groups excluding carboxylic acids is 2. The van der Waals surface area contributed by atoms with Gasteiger partial charge in [-0.3, -0.25) is 9.59 Å². The van der Waals surface area contributed by atoms with Crippen LogP contribution in [0, 0.1) is 0 Å². The van der Waals surface area contributed by atoms with Crippen LogP contribution in [0.1, 0.15) is 18.9 Å². The van der Waals surface area contributed by atoms with Gasteiger partial charge < -0.3 is 19.1 Å². The average Bonchev–Trinajstić information content (AvgIpc) is 2.63. The number of hydrogen-bond acceptors (Lipinski definition) is 5. The van der Waals surface area contributed by atoms with Crippen molar-refractivity contribution in [3.05, 3.63) is 42.5 Å². The summed E-state index contributed by atoms with van der Waals surface area (Å²) in [6.07, 6.45) is 4.85. The lowest BCUT2D eigenvalue weighted by Crippen LogP contribution is -2.32. The molecule has 1 aromatic carbocycles. The molecule has 6 heteroatoms. The molecule has 0 fully saturated rings. The second-order valence-corrected chi connectivity index (χ2v) is 5.07. The Kier molecular flexibility index (Phi) is 8.85. The smallest absolute Gasteiger partial charge is 0.307 e. The standard InChI is InChI=1S/C19H25NO5/c1-5-12-20(13-11-19(22)25-6-2)18(21)10-7-15-14-16(23-3)8-9-17(15)24-4/h5,7-10,14H,1,6,11-13H2,2-4H3/b10-7+. The molecular formula is C19H25NO5.